The first-order valence-corrected chi connectivity index (χ1v) is 16.2. The second kappa shape index (κ2) is 10.5. The molecule has 10 nitrogen and oxygen atoms in total. The largest absolute Gasteiger partial charge is 0.511 e. The molecule has 8 rings (SSSR count). The van der Waals surface area contributed by atoms with Gasteiger partial charge in [-0.3, -0.25) is 19.3 Å². The van der Waals surface area contributed by atoms with E-state index in [1.54, 1.807) is 33.6 Å². The van der Waals surface area contributed by atoms with Gasteiger partial charge in [-0.2, -0.15) is 0 Å². The third-order valence-electron chi connectivity index (χ3n) is 9.95. The Kier molecular flexibility index (Phi) is 6.65. The summed E-state index contributed by atoms with van der Waals surface area (Å²) < 4.78 is 40.1. The molecule has 5 aliphatic heterocycles. The number of fused-ring (bicyclic) bond motifs is 6. The number of ether oxygens (including phenoxy) is 4. The summed E-state index contributed by atoms with van der Waals surface area (Å²) >= 11 is 1.65. The molecule has 0 aliphatic carbocycles. The monoisotopic (exact) mass is 633 g/mol. The minimum absolute atomic E-state index is 0.00800. The van der Waals surface area contributed by atoms with Gasteiger partial charge in [0, 0.05) is 47.9 Å². The number of carbonyl (C=O) groups excluding carboxylic acids is 2. The van der Waals surface area contributed by atoms with Crippen LogP contribution in [-0.2, 0) is 20.0 Å². The summed E-state index contributed by atoms with van der Waals surface area (Å²) in [7, 11) is 1.16. The molecule has 3 saturated heterocycles. The van der Waals surface area contributed by atoms with Crippen LogP contribution in [0.2, 0.25) is 0 Å². The molecule has 1 aromatic heterocycles. The quantitative estimate of drug-likeness (QED) is 0.292. The molecule has 6 atom stereocenters. The molecule has 1 spiro atoms. The van der Waals surface area contributed by atoms with Crippen molar-refractivity contribution in [3.8, 4) is 5.75 Å². The van der Waals surface area contributed by atoms with Crippen molar-refractivity contribution in [1.82, 2.24) is 9.58 Å². The lowest BCUT2D eigenvalue weighted by Gasteiger charge is -2.57. The van der Waals surface area contributed by atoms with E-state index in [4.69, 9.17) is 14.2 Å². The van der Waals surface area contributed by atoms with Crippen LogP contribution < -0.4 is 15.2 Å². The predicted octanol–water partition coefficient (Wildman–Crippen LogP) is 4.95. The van der Waals surface area contributed by atoms with E-state index in [0.717, 1.165) is 42.4 Å². The number of hydrogen-bond donors (Lipinski definition) is 0. The Morgan fingerprint density at radius 2 is 1.98 bits per heavy atom. The zero-order valence-electron chi connectivity index (χ0n) is 24.8. The fourth-order valence-corrected chi connectivity index (χ4v) is 9.21. The summed E-state index contributed by atoms with van der Waals surface area (Å²) in [6.45, 7) is 1.84. The molecule has 6 heterocycles. The molecule has 2 aromatic carbocycles. The van der Waals surface area contributed by atoms with Crippen LogP contribution in [0.25, 0.3) is 0 Å². The minimum Gasteiger partial charge on any atom is -0.448 e. The number of thioether (sulfide) groups is 1. The normalized spacial score (nSPS) is 28.2. The van der Waals surface area contributed by atoms with Gasteiger partial charge in [-0.15, -0.1) is 11.8 Å². The Morgan fingerprint density at radius 3 is 2.80 bits per heavy atom. The number of methoxy groups -OCH3 is 1. The molecule has 234 valence electrons. The Balaban J connectivity index is 1.38. The maximum atomic E-state index is 16.2. The van der Waals surface area contributed by atoms with E-state index in [1.165, 1.54) is 19.1 Å². The van der Waals surface area contributed by atoms with Crippen molar-refractivity contribution in [1.29, 1.82) is 0 Å². The van der Waals surface area contributed by atoms with E-state index >= 15 is 4.39 Å². The maximum absolute atomic E-state index is 16.2. The van der Waals surface area contributed by atoms with Gasteiger partial charge in [0.2, 0.25) is 17.5 Å². The summed E-state index contributed by atoms with van der Waals surface area (Å²) in [6, 6.07) is 13.8. The number of carbonyl (C=O) groups is 2. The Bertz CT molecular complexity index is 1780. The molecule has 0 radical (unpaired) electrons. The molecule has 45 heavy (non-hydrogen) atoms. The standard InChI is InChI=1S/C33H32FN3O7S/c1-18(43-32(40)41-2)42-29-24(38)11-14-36-28(29)31(39)35-15-13-33-12-10-20(44-33)16-22(33)30(35)37(36)27-21-7-3-4-9-25(21)45-17-19-6-5-8-23(34)26(19)27/h3-9,11,14,18,20,22,27,30H,10,12-13,15-17H2,1-2H3/t18?,20-,22+,27+,30+,33-/m0/s1. The molecule has 3 aromatic rings. The van der Waals surface area contributed by atoms with Crippen molar-refractivity contribution in [3.05, 3.63) is 93.2 Å². The molecule has 1 unspecified atom stereocenters. The summed E-state index contributed by atoms with van der Waals surface area (Å²) in [5, 5.41) is 2.07. The van der Waals surface area contributed by atoms with Crippen molar-refractivity contribution in [2.45, 2.75) is 73.5 Å². The van der Waals surface area contributed by atoms with Crippen LogP contribution in [0.4, 0.5) is 9.18 Å². The number of aromatic nitrogens is 1. The van der Waals surface area contributed by atoms with Crippen molar-refractivity contribution in [2.24, 2.45) is 5.92 Å². The average Bonchev–Trinajstić information content (AvgIpc) is 3.57. The van der Waals surface area contributed by atoms with Gasteiger partial charge >= 0.3 is 6.16 Å². The summed E-state index contributed by atoms with van der Waals surface area (Å²) in [5.41, 5.74) is 1.36. The van der Waals surface area contributed by atoms with Gasteiger partial charge in [0.1, 0.15) is 18.0 Å². The number of nitrogens with zero attached hydrogens (tertiary/aromatic N) is 3. The van der Waals surface area contributed by atoms with Gasteiger partial charge in [0.15, 0.2) is 5.69 Å². The molecule has 0 N–H and O–H groups in total. The van der Waals surface area contributed by atoms with E-state index in [9.17, 15) is 14.4 Å². The lowest BCUT2D eigenvalue weighted by molar-refractivity contribution is -0.0764. The lowest BCUT2D eigenvalue weighted by atomic mass is 9.71. The van der Waals surface area contributed by atoms with Crippen LogP contribution in [0.5, 0.6) is 5.75 Å². The number of halogens is 1. The number of rotatable bonds is 4. The zero-order valence-corrected chi connectivity index (χ0v) is 25.6. The van der Waals surface area contributed by atoms with Crippen molar-refractivity contribution >= 4 is 23.8 Å². The third kappa shape index (κ3) is 4.28. The van der Waals surface area contributed by atoms with Crippen LogP contribution in [-0.4, -0.2) is 59.5 Å². The summed E-state index contributed by atoms with van der Waals surface area (Å²) in [5.74, 6) is -0.430. The highest BCUT2D eigenvalue weighted by molar-refractivity contribution is 7.98. The van der Waals surface area contributed by atoms with Gasteiger partial charge in [-0.1, -0.05) is 30.3 Å². The first-order chi connectivity index (χ1) is 21.8. The van der Waals surface area contributed by atoms with E-state index in [0.29, 0.717) is 24.3 Å². The second-order valence-corrected chi connectivity index (χ2v) is 13.2. The average molecular weight is 634 g/mol. The zero-order chi connectivity index (χ0) is 31.0. The first-order valence-electron chi connectivity index (χ1n) is 15.2. The van der Waals surface area contributed by atoms with Gasteiger partial charge < -0.3 is 23.8 Å². The Labute approximate surface area is 263 Å². The van der Waals surface area contributed by atoms with E-state index in [1.807, 2.05) is 30.3 Å². The smallest absolute Gasteiger partial charge is 0.448 e. The van der Waals surface area contributed by atoms with Crippen LogP contribution >= 0.6 is 11.8 Å². The van der Waals surface area contributed by atoms with Crippen molar-refractivity contribution < 1.29 is 32.9 Å². The summed E-state index contributed by atoms with van der Waals surface area (Å²) in [6.07, 6.45) is 2.31. The number of pyridine rings is 1. The highest BCUT2D eigenvalue weighted by Crippen LogP contribution is 2.57. The first kappa shape index (κ1) is 28.4. The van der Waals surface area contributed by atoms with Gasteiger partial charge in [0.25, 0.3) is 5.91 Å². The number of amides is 1. The number of piperidine rings is 1. The molecule has 1 amide bonds. The number of hydrogen-bond acceptors (Lipinski definition) is 9. The molecular formula is C33H32FN3O7S. The highest BCUT2D eigenvalue weighted by Gasteiger charge is 2.63. The summed E-state index contributed by atoms with van der Waals surface area (Å²) in [4.78, 5) is 42.6. The fourth-order valence-electron chi connectivity index (χ4n) is 8.12. The highest BCUT2D eigenvalue weighted by atomic mass is 32.2. The van der Waals surface area contributed by atoms with Crippen molar-refractivity contribution in [2.75, 3.05) is 18.7 Å². The lowest BCUT2D eigenvalue weighted by Crippen LogP contribution is -2.70. The fraction of sp³-hybridized carbons (Fsp3) is 0.424. The second-order valence-electron chi connectivity index (χ2n) is 12.2. The van der Waals surface area contributed by atoms with E-state index in [2.05, 4.69) is 9.75 Å². The molecule has 12 heteroatoms. The van der Waals surface area contributed by atoms with Gasteiger partial charge in [-0.25, -0.2) is 9.18 Å². The van der Waals surface area contributed by atoms with E-state index in [-0.39, 0.29) is 40.8 Å². The SMILES string of the molecule is COC(=O)OC(C)Oc1c2n(ccc1=O)N([C@@H]1c3ccccc3SCc3cccc(F)c31)[C@@H]1[C@H]3C[C@@H]4CC[C@@]3(CCN1C2=O)O4. The Morgan fingerprint density at radius 1 is 1.13 bits per heavy atom. The van der Waals surface area contributed by atoms with Gasteiger partial charge in [0.05, 0.1) is 18.8 Å². The maximum Gasteiger partial charge on any atom is 0.511 e. The molecule has 3 fully saturated rings. The van der Waals surface area contributed by atoms with Crippen LogP contribution in [0.15, 0.2) is 64.4 Å². The topological polar surface area (TPSA) is 99.5 Å². The molecule has 2 bridgehead atoms. The van der Waals surface area contributed by atoms with E-state index < -0.39 is 30.1 Å². The third-order valence-corrected chi connectivity index (χ3v) is 11.1. The Hall–Kier alpha value is -4.03. The van der Waals surface area contributed by atoms with Gasteiger partial charge in [-0.05, 0) is 48.9 Å². The molecule has 5 aliphatic rings. The molecular weight excluding hydrogens is 601 g/mol. The van der Waals surface area contributed by atoms with Crippen LogP contribution in [0.1, 0.15) is 65.8 Å². The number of benzene rings is 2. The molecule has 0 saturated carbocycles. The van der Waals surface area contributed by atoms with Crippen LogP contribution in [0, 0.1) is 11.7 Å². The van der Waals surface area contributed by atoms with Crippen LogP contribution in [0.3, 0.4) is 0 Å². The predicted molar refractivity (Wildman–Crippen MR) is 161 cm³/mol. The minimum atomic E-state index is -1.23. The van der Waals surface area contributed by atoms with Crippen molar-refractivity contribution in [3.63, 3.8) is 0 Å².